The van der Waals surface area contributed by atoms with Crippen molar-refractivity contribution in [2.24, 2.45) is 0 Å². The van der Waals surface area contributed by atoms with Gasteiger partial charge in [0.1, 0.15) is 12.4 Å². The lowest BCUT2D eigenvalue weighted by Crippen LogP contribution is -2.39. The van der Waals surface area contributed by atoms with Gasteiger partial charge in [0.05, 0.1) is 13.7 Å². The van der Waals surface area contributed by atoms with Gasteiger partial charge in [0.2, 0.25) is 0 Å². The molecule has 1 N–H and O–H groups in total. The van der Waals surface area contributed by atoms with E-state index in [9.17, 15) is 4.79 Å². The molecule has 0 spiro atoms. The molecule has 0 heterocycles. The molecule has 1 amide bonds. The van der Waals surface area contributed by atoms with Crippen LogP contribution >= 0.6 is 0 Å². The van der Waals surface area contributed by atoms with E-state index in [1.807, 2.05) is 37.3 Å². The Morgan fingerprint density at radius 2 is 1.82 bits per heavy atom. The van der Waals surface area contributed by atoms with Crippen LogP contribution in [0.2, 0.25) is 0 Å². The van der Waals surface area contributed by atoms with Crippen LogP contribution in [-0.4, -0.2) is 32.3 Å². The normalized spacial score (nSPS) is 13.9. The van der Waals surface area contributed by atoms with E-state index in [1.165, 1.54) is 24.0 Å². The summed E-state index contributed by atoms with van der Waals surface area (Å²) >= 11 is 0. The minimum Gasteiger partial charge on any atom is -0.493 e. The molecule has 0 saturated carbocycles. The number of aryl methyl sites for hydroxylation is 2. The lowest BCUT2D eigenvalue weighted by Gasteiger charge is -2.20. The van der Waals surface area contributed by atoms with Crippen molar-refractivity contribution >= 4 is 5.91 Å². The van der Waals surface area contributed by atoms with E-state index >= 15 is 0 Å². The number of rotatable bonds is 9. The fraction of sp³-hybridized carbons (Fsp3) is 0.435. The summed E-state index contributed by atoms with van der Waals surface area (Å²) in [6.07, 6.45) is 4.81. The molecule has 1 atom stereocenters. The Labute approximate surface area is 167 Å². The van der Waals surface area contributed by atoms with Crippen LogP contribution in [-0.2, 0) is 17.6 Å². The van der Waals surface area contributed by atoms with Crippen molar-refractivity contribution in [3.05, 3.63) is 53.6 Å². The third-order valence-electron chi connectivity index (χ3n) is 4.99. The first-order valence-electron chi connectivity index (χ1n) is 10.0. The number of para-hydroxylation sites is 2. The summed E-state index contributed by atoms with van der Waals surface area (Å²) in [6, 6.07) is 13.7. The van der Waals surface area contributed by atoms with Crippen LogP contribution < -0.4 is 19.5 Å². The van der Waals surface area contributed by atoms with Crippen molar-refractivity contribution in [1.82, 2.24) is 5.32 Å². The Morgan fingerprint density at radius 3 is 2.57 bits per heavy atom. The molecule has 150 valence electrons. The molecule has 0 fully saturated rings. The average Bonchev–Trinajstić information content (AvgIpc) is 2.75. The number of nitrogens with one attached hydrogen (secondary N) is 1. The zero-order chi connectivity index (χ0) is 19.8. The predicted octanol–water partition coefficient (Wildman–Crippen LogP) is 3.93. The monoisotopic (exact) mass is 383 g/mol. The second-order valence-electron chi connectivity index (χ2n) is 6.94. The van der Waals surface area contributed by atoms with Crippen molar-refractivity contribution < 1.29 is 19.0 Å². The summed E-state index contributed by atoms with van der Waals surface area (Å²) in [5, 5.41) is 2.89. The average molecular weight is 383 g/mol. The fourth-order valence-corrected chi connectivity index (χ4v) is 3.46. The number of carbonyl (C=O) groups excluding carboxylic acids is 1. The molecular weight excluding hydrogens is 354 g/mol. The molecule has 5 nitrogen and oxygen atoms in total. The molecule has 2 aromatic carbocycles. The largest absolute Gasteiger partial charge is 0.493 e. The first-order chi connectivity index (χ1) is 13.7. The Kier molecular flexibility index (Phi) is 7.18. The zero-order valence-corrected chi connectivity index (χ0v) is 16.7. The van der Waals surface area contributed by atoms with E-state index < -0.39 is 6.10 Å². The van der Waals surface area contributed by atoms with Crippen LogP contribution in [0.5, 0.6) is 17.2 Å². The third kappa shape index (κ3) is 5.18. The van der Waals surface area contributed by atoms with Crippen LogP contribution in [0, 0.1) is 0 Å². The van der Waals surface area contributed by atoms with Crippen LogP contribution in [0.15, 0.2) is 42.5 Å². The summed E-state index contributed by atoms with van der Waals surface area (Å²) in [5.74, 6) is 1.99. The number of carbonyl (C=O) groups is 1. The van der Waals surface area contributed by atoms with E-state index in [2.05, 4.69) is 17.4 Å². The van der Waals surface area contributed by atoms with Gasteiger partial charge < -0.3 is 19.5 Å². The van der Waals surface area contributed by atoms with E-state index in [-0.39, 0.29) is 5.91 Å². The van der Waals surface area contributed by atoms with Gasteiger partial charge in [-0.2, -0.15) is 0 Å². The fourth-order valence-electron chi connectivity index (χ4n) is 3.46. The van der Waals surface area contributed by atoms with Crippen molar-refractivity contribution in [3.8, 4) is 17.2 Å². The second kappa shape index (κ2) is 10.0. The highest BCUT2D eigenvalue weighted by molar-refractivity contribution is 5.81. The van der Waals surface area contributed by atoms with Crippen LogP contribution in [0.25, 0.3) is 0 Å². The van der Waals surface area contributed by atoms with E-state index in [1.54, 1.807) is 7.11 Å². The summed E-state index contributed by atoms with van der Waals surface area (Å²) in [5.41, 5.74) is 2.76. The highest BCUT2D eigenvalue weighted by Gasteiger charge is 2.19. The van der Waals surface area contributed by atoms with Gasteiger partial charge in [0.15, 0.2) is 17.6 Å². The van der Waals surface area contributed by atoms with Crippen molar-refractivity contribution in [3.63, 3.8) is 0 Å². The third-order valence-corrected chi connectivity index (χ3v) is 4.99. The van der Waals surface area contributed by atoms with Gasteiger partial charge in [-0.15, -0.1) is 0 Å². The number of amides is 1. The summed E-state index contributed by atoms with van der Waals surface area (Å²) in [4.78, 5) is 12.5. The van der Waals surface area contributed by atoms with Gasteiger partial charge >= 0.3 is 0 Å². The van der Waals surface area contributed by atoms with Crippen LogP contribution in [0.1, 0.15) is 37.3 Å². The summed E-state index contributed by atoms with van der Waals surface area (Å²) < 4.78 is 16.9. The molecule has 28 heavy (non-hydrogen) atoms. The van der Waals surface area contributed by atoms with Gasteiger partial charge in [-0.25, -0.2) is 0 Å². The highest BCUT2D eigenvalue weighted by atomic mass is 16.5. The van der Waals surface area contributed by atoms with Gasteiger partial charge in [0.25, 0.3) is 5.91 Å². The van der Waals surface area contributed by atoms with Crippen molar-refractivity contribution in [2.45, 2.75) is 45.1 Å². The number of hydrogen-bond acceptors (Lipinski definition) is 4. The molecule has 1 aliphatic rings. The quantitative estimate of drug-likeness (QED) is 0.667. The van der Waals surface area contributed by atoms with Crippen LogP contribution in [0.4, 0.5) is 0 Å². The van der Waals surface area contributed by atoms with E-state index in [0.717, 1.165) is 18.6 Å². The van der Waals surface area contributed by atoms with Gasteiger partial charge in [-0.3, -0.25) is 4.79 Å². The molecule has 0 aliphatic heterocycles. The number of benzene rings is 2. The first-order valence-corrected chi connectivity index (χ1v) is 10.0. The topological polar surface area (TPSA) is 56.8 Å². The maximum atomic E-state index is 12.5. The van der Waals surface area contributed by atoms with Crippen molar-refractivity contribution in [1.29, 1.82) is 0 Å². The zero-order valence-electron chi connectivity index (χ0n) is 16.7. The highest BCUT2D eigenvalue weighted by Crippen LogP contribution is 2.27. The minimum absolute atomic E-state index is 0.121. The summed E-state index contributed by atoms with van der Waals surface area (Å²) in [6.45, 7) is 2.72. The maximum absolute atomic E-state index is 12.5. The SMILES string of the molecule is CCC(Oc1ccc2c(c1)CCCC2)C(=O)NCCOc1ccccc1OC. The Hall–Kier alpha value is -2.69. The minimum atomic E-state index is -0.507. The predicted molar refractivity (Wildman–Crippen MR) is 109 cm³/mol. The Bertz CT molecular complexity index is 790. The van der Waals surface area contributed by atoms with E-state index in [0.29, 0.717) is 31.1 Å². The number of fused-ring (bicyclic) bond motifs is 1. The standard InChI is InChI=1S/C23H29NO4/c1-3-20(28-19-13-12-17-8-4-5-9-18(17)16-19)23(25)24-14-15-27-22-11-7-6-10-21(22)26-2/h6-7,10-13,16,20H,3-5,8-9,14-15H2,1-2H3,(H,24,25). The maximum Gasteiger partial charge on any atom is 0.261 e. The molecule has 5 heteroatoms. The molecule has 1 aliphatic carbocycles. The van der Waals surface area contributed by atoms with Gasteiger partial charge in [-0.1, -0.05) is 25.1 Å². The van der Waals surface area contributed by atoms with Crippen molar-refractivity contribution in [2.75, 3.05) is 20.3 Å². The number of methoxy groups -OCH3 is 1. The van der Waals surface area contributed by atoms with Crippen LogP contribution in [0.3, 0.4) is 0 Å². The molecule has 2 aromatic rings. The van der Waals surface area contributed by atoms with E-state index in [4.69, 9.17) is 14.2 Å². The van der Waals surface area contributed by atoms with Gasteiger partial charge in [-0.05, 0) is 67.5 Å². The number of hydrogen-bond donors (Lipinski definition) is 1. The molecular formula is C23H29NO4. The molecule has 3 rings (SSSR count). The van der Waals surface area contributed by atoms with Gasteiger partial charge in [0, 0.05) is 0 Å². The molecule has 0 bridgehead atoms. The number of ether oxygens (including phenoxy) is 3. The lowest BCUT2D eigenvalue weighted by atomic mass is 9.92. The summed E-state index contributed by atoms with van der Waals surface area (Å²) in [7, 11) is 1.61. The Balaban J connectivity index is 1.48. The Morgan fingerprint density at radius 1 is 1.07 bits per heavy atom. The smallest absolute Gasteiger partial charge is 0.261 e. The first kappa shape index (κ1) is 20.1. The lowest BCUT2D eigenvalue weighted by molar-refractivity contribution is -0.128. The molecule has 0 aromatic heterocycles. The second-order valence-corrected chi connectivity index (χ2v) is 6.94. The molecule has 1 unspecified atom stereocenters. The molecule has 0 radical (unpaired) electrons. The molecule has 0 saturated heterocycles.